The van der Waals surface area contributed by atoms with Gasteiger partial charge in [0.25, 0.3) is 0 Å². The van der Waals surface area contributed by atoms with Crippen molar-refractivity contribution in [1.29, 1.82) is 0 Å². The van der Waals surface area contributed by atoms with Gasteiger partial charge in [-0.25, -0.2) is 0 Å². The molecule has 1 aromatic heterocycles. The van der Waals surface area contributed by atoms with E-state index in [4.69, 9.17) is 4.42 Å². The van der Waals surface area contributed by atoms with Gasteiger partial charge in [-0.15, -0.1) is 0 Å². The third-order valence-electron chi connectivity index (χ3n) is 6.58. The topological polar surface area (TPSA) is 42.2 Å². The molecule has 23 heavy (non-hydrogen) atoms. The fraction of sp³-hybridized carbons (Fsp3) is 0.650. The lowest BCUT2D eigenvalue weighted by Crippen LogP contribution is -2.33. The molecule has 3 fully saturated rings. The minimum atomic E-state index is 0.329. The van der Waals surface area contributed by atoms with Gasteiger partial charge >= 0.3 is 0 Å². The van der Waals surface area contributed by atoms with E-state index in [0.717, 1.165) is 29.9 Å². The molecule has 1 aromatic rings. The Morgan fingerprint density at radius 2 is 2.22 bits per heavy atom. The zero-order chi connectivity index (χ0) is 16.2. The van der Waals surface area contributed by atoms with E-state index in [0.29, 0.717) is 35.0 Å². The van der Waals surface area contributed by atoms with Crippen molar-refractivity contribution in [2.24, 2.45) is 23.2 Å². The van der Waals surface area contributed by atoms with Crippen molar-refractivity contribution in [1.82, 2.24) is 5.32 Å². The molecule has 3 saturated carbocycles. The van der Waals surface area contributed by atoms with E-state index in [1.807, 2.05) is 6.07 Å². The van der Waals surface area contributed by atoms with Crippen LogP contribution in [0.5, 0.6) is 0 Å². The highest BCUT2D eigenvalue weighted by Crippen LogP contribution is 2.68. The van der Waals surface area contributed by atoms with Gasteiger partial charge in [0, 0.05) is 30.2 Å². The van der Waals surface area contributed by atoms with Crippen LogP contribution in [0.1, 0.15) is 52.2 Å². The van der Waals surface area contributed by atoms with Gasteiger partial charge in [-0.05, 0) is 55.1 Å². The number of rotatable bonds is 4. The van der Waals surface area contributed by atoms with Crippen molar-refractivity contribution < 1.29 is 9.21 Å². The predicted octanol–water partition coefficient (Wildman–Crippen LogP) is 4.10. The molecule has 0 unspecified atom stereocenters. The smallest absolute Gasteiger partial charge is 0.161 e. The number of carbonyl (C=O) groups excluding carboxylic acids is 1. The molecule has 1 heterocycles. The molecule has 3 aliphatic carbocycles. The Labute approximate surface area is 138 Å². The zero-order valence-corrected chi connectivity index (χ0v) is 14.4. The van der Waals surface area contributed by atoms with Gasteiger partial charge < -0.3 is 9.73 Å². The van der Waals surface area contributed by atoms with E-state index in [-0.39, 0.29) is 0 Å². The number of ketones is 1. The molecule has 3 nitrogen and oxygen atoms in total. The van der Waals surface area contributed by atoms with Gasteiger partial charge in [0.2, 0.25) is 0 Å². The summed E-state index contributed by atoms with van der Waals surface area (Å²) in [4.78, 5) is 12.3. The van der Waals surface area contributed by atoms with Crippen LogP contribution in [0.4, 0.5) is 0 Å². The molecule has 3 heteroatoms. The molecule has 4 rings (SSSR count). The van der Waals surface area contributed by atoms with Crippen molar-refractivity contribution in [2.45, 2.75) is 58.9 Å². The normalized spacial score (nSPS) is 36.9. The van der Waals surface area contributed by atoms with Crippen molar-refractivity contribution >= 4 is 5.78 Å². The number of fused-ring (bicyclic) bond motifs is 1. The fourth-order valence-corrected chi connectivity index (χ4v) is 5.14. The molecule has 1 N–H and O–H groups in total. The summed E-state index contributed by atoms with van der Waals surface area (Å²) in [5.74, 6) is 3.15. The number of allylic oxidation sites excluding steroid dienone is 2. The highest BCUT2D eigenvalue weighted by Gasteiger charge is 2.65. The van der Waals surface area contributed by atoms with E-state index in [2.05, 4.69) is 32.2 Å². The summed E-state index contributed by atoms with van der Waals surface area (Å²) in [5, 5.41) is 3.73. The minimum Gasteiger partial charge on any atom is -0.469 e. The average molecular weight is 313 g/mol. The van der Waals surface area contributed by atoms with Gasteiger partial charge in [-0.2, -0.15) is 0 Å². The lowest BCUT2D eigenvalue weighted by molar-refractivity contribution is -0.115. The summed E-state index contributed by atoms with van der Waals surface area (Å²) in [6.45, 7) is 6.72. The highest BCUT2D eigenvalue weighted by atomic mass is 16.3. The minimum absolute atomic E-state index is 0.329. The van der Waals surface area contributed by atoms with Crippen LogP contribution in [0.2, 0.25) is 0 Å². The van der Waals surface area contributed by atoms with Crippen LogP contribution in [-0.2, 0) is 11.2 Å². The Kier molecular flexibility index (Phi) is 3.44. The van der Waals surface area contributed by atoms with E-state index in [9.17, 15) is 4.79 Å². The van der Waals surface area contributed by atoms with Crippen LogP contribution in [0.3, 0.4) is 0 Å². The van der Waals surface area contributed by atoms with Gasteiger partial charge in [-0.1, -0.05) is 20.3 Å². The molecular weight excluding hydrogens is 286 g/mol. The molecule has 0 radical (unpaired) electrons. The quantitative estimate of drug-likeness (QED) is 0.851. The van der Waals surface area contributed by atoms with Crippen molar-refractivity contribution in [3.8, 4) is 0 Å². The molecule has 124 valence electrons. The van der Waals surface area contributed by atoms with E-state index >= 15 is 0 Å². The third kappa shape index (κ3) is 2.45. The second kappa shape index (κ2) is 5.25. The van der Waals surface area contributed by atoms with Gasteiger partial charge in [0.15, 0.2) is 5.78 Å². The molecule has 0 spiro atoms. The van der Waals surface area contributed by atoms with Crippen LogP contribution in [0.15, 0.2) is 34.1 Å². The molecule has 4 atom stereocenters. The van der Waals surface area contributed by atoms with E-state index < -0.39 is 0 Å². The second-order valence-electron chi connectivity index (χ2n) is 8.30. The Hall–Kier alpha value is -1.51. The molecule has 0 aliphatic heterocycles. The number of Topliss-reactive ketones (excluding diaryl/α,β-unsaturated/α-hetero) is 1. The summed E-state index contributed by atoms with van der Waals surface area (Å²) < 4.78 is 5.52. The zero-order valence-electron chi connectivity index (χ0n) is 14.4. The fourth-order valence-electron chi connectivity index (χ4n) is 5.14. The van der Waals surface area contributed by atoms with Crippen LogP contribution < -0.4 is 5.32 Å². The molecule has 0 saturated heterocycles. The number of nitrogens with one attached hydrogen (secondary N) is 1. The average Bonchev–Trinajstić information content (AvgIpc) is 3.04. The van der Waals surface area contributed by atoms with Crippen LogP contribution in [0, 0.1) is 23.2 Å². The maximum absolute atomic E-state index is 12.3. The lowest BCUT2D eigenvalue weighted by atomic mass is 9.94. The number of carbonyl (C=O) groups is 1. The standard InChI is InChI=1S/C20H27NO2/c1-12(18-17(22)11-15-19(18)20(15,2)3)21-16-8-4-6-13(16)10-14-7-5-9-23-14/h5,7,9,13,15-16,19,21H,4,6,8,10-11H2,1-3H3/b18-12+/t13-,15-,16-,19-/m1/s1. The lowest BCUT2D eigenvalue weighted by Gasteiger charge is -2.23. The first-order valence-corrected chi connectivity index (χ1v) is 9.01. The van der Waals surface area contributed by atoms with Gasteiger partial charge in [0.05, 0.1) is 6.26 Å². The first-order valence-electron chi connectivity index (χ1n) is 9.01. The molecule has 0 amide bonds. The maximum atomic E-state index is 12.3. The summed E-state index contributed by atoms with van der Waals surface area (Å²) in [5.41, 5.74) is 2.57. The van der Waals surface area contributed by atoms with Crippen LogP contribution >= 0.6 is 0 Å². The molecule has 3 aliphatic rings. The monoisotopic (exact) mass is 313 g/mol. The Bertz CT molecular complexity index is 641. The van der Waals surface area contributed by atoms with Crippen LogP contribution in [-0.4, -0.2) is 11.8 Å². The molecule has 0 bridgehead atoms. The van der Waals surface area contributed by atoms with E-state index in [1.54, 1.807) is 6.26 Å². The SMILES string of the molecule is C/C(N[C@@H]1CCC[C@@H]1Cc1ccco1)=C1/C(=O)C[C@@H]2[C@H]1C2(C)C. The molecule has 0 aromatic carbocycles. The Morgan fingerprint density at radius 3 is 2.91 bits per heavy atom. The second-order valence-corrected chi connectivity index (χ2v) is 8.30. The van der Waals surface area contributed by atoms with Gasteiger partial charge in [0.1, 0.15) is 5.76 Å². The van der Waals surface area contributed by atoms with E-state index in [1.165, 1.54) is 19.3 Å². The highest BCUT2D eigenvalue weighted by molar-refractivity contribution is 6.01. The predicted molar refractivity (Wildman–Crippen MR) is 89.8 cm³/mol. The van der Waals surface area contributed by atoms with Gasteiger partial charge in [-0.3, -0.25) is 4.79 Å². The van der Waals surface area contributed by atoms with Crippen molar-refractivity contribution in [3.05, 3.63) is 35.4 Å². The Morgan fingerprint density at radius 1 is 1.39 bits per heavy atom. The number of hydrogen-bond donors (Lipinski definition) is 1. The van der Waals surface area contributed by atoms with Crippen molar-refractivity contribution in [2.75, 3.05) is 0 Å². The summed E-state index contributed by atoms with van der Waals surface area (Å²) >= 11 is 0. The first kappa shape index (κ1) is 15.0. The van der Waals surface area contributed by atoms with Crippen LogP contribution in [0.25, 0.3) is 0 Å². The maximum Gasteiger partial charge on any atom is 0.161 e. The summed E-state index contributed by atoms with van der Waals surface area (Å²) in [6, 6.07) is 4.51. The third-order valence-corrected chi connectivity index (χ3v) is 6.58. The summed E-state index contributed by atoms with van der Waals surface area (Å²) in [6.07, 6.45) is 7.21. The largest absolute Gasteiger partial charge is 0.469 e. The summed E-state index contributed by atoms with van der Waals surface area (Å²) in [7, 11) is 0. The molecular formula is C20H27NO2. The van der Waals surface area contributed by atoms with Crippen molar-refractivity contribution in [3.63, 3.8) is 0 Å². The first-order chi connectivity index (χ1) is 11.0. The Balaban J connectivity index is 1.48. The number of hydrogen-bond acceptors (Lipinski definition) is 3. The number of furan rings is 1.